The van der Waals surface area contributed by atoms with Crippen LogP contribution >= 0.6 is 0 Å². The lowest BCUT2D eigenvalue weighted by Crippen LogP contribution is -2.28. The SMILES string of the molecule is N#Cc1ccc(COc2cccc(C3CC4CC3CN4)n2)c(F)c1. The molecule has 1 N–H and O–H groups in total. The van der Waals surface area contributed by atoms with Crippen LogP contribution in [0.1, 0.15) is 35.6 Å². The van der Waals surface area contributed by atoms with E-state index in [1.165, 1.54) is 12.5 Å². The van der Waals surface area contributed by atoms with Crippen molar-refractivity contribution in [2.75, 3.05) is 6.54 Å². The van der Waals surface area contributed by atoms with Crippen molar-refractivity contribution in [2.45, 2.75) is 31.4 Å². The average Bonchev–Trinajstić information content (AvgIpc) is 3.24. The molecule has 3 atom stereocenters. The van der Waals surface area contributed by atoms with Crippen LogP contribution < -0.4 is 10.1 Å². The van der Waals surface area contributed by atoms with Gasteiger partial charge in [0.25, 0.3) is 0 Å². The van der Waals surface area contributed by atoms with Crippen molar-refractivity contribution in [1.29, 1.82) is 5.26 Å². The molecule has 1 saturated heterocycles. The third-order valence-electron chi connectivity index (χ3n) is 5.05. The molecule has 0 spiro atoms. The lowest BCUT2D eigenvalue weighted by molar-refractivity contribution is 0.285. The zero-order valence-corrected chi connectivity index (χ0v) is 13.2. The lowest BCUT2D eigenvalue weighted by atomic mass is 9.91. The third-order valence-corrected chi connectivity index (χ3v) is 5.05. The second-order valence-corrected chi connectivity index (χ2v) is 6.55. The number of aromatic nitrogens is 1. The number of nitriles is 1. The summed E-state index contributed by atoms with van der Waals surface area (Å²) in [6.45, 7) is 1.17. The highest BCUT2D eigenvalue weighted by molar-refractivity contribution is 5.33. The van der Waals surface area contributed by atoms with Gasteiger partial charge in [0.2, 0.25) is 5.88 Å². The molecule has 122 valence electrons. The quantitative estimate of drug-likeness (QED) is 0.939. The molecule has 4 nitrogen and oxygen atoms in total. The van der Waals surface area contributed by atoms with Gasteiger partial charge in [0.1, 0.15) is 12.4 Å². The van der Waals surface area contributed by atoms with E-state index < -0.39 is 5.82 Å². The van der Waals surface area contributed by atoms with Crippen molar-refractivity contribution >= 4 is 0 Å². The first-order chi connectivity index (χ1) is 11.7. The molecule has 2 aromatic rings. The molecule has 3 unspecified atom stereocenters. The first kappa shape index (κ1) is 15.1. The molecule has 1 aliphatic carbocycles. The minimum Gasteiger partial charge on any atom is -0.473 e. The van der Waals surface area contributed by atoms with Gasteiger partial charge in [0.15, 0.2) is 0 Å². The van der Waals surface area contributed by atoms with Crippen LogP contribution in [0, 0.1) is 23.1 Å². The lowest BCUT2D eigenvalue weighted by Gasteiger charge is -2.22. The van der Waals surface area contributed by atoms with E-state index in [4.69, 9.17) is 10.00 Å². The Hall–Kier alpha value is -2.45. The van der Waals surface area contributed by atoms with Gasteiger partial charge in [-0.2, -0.15) is 5.26 Å². The number of rotatable bonds is 4. The van der Waals surface area contributed by atoms with Gasteiger partial charge in [-0.25, -0.2) is 9.37 Å². The highest BCUT2D eigenvalue weighted by Crippen LogP contribution is 2.42. The van der Waals surface area contributed by atoms with E-state index in [0.717, 1.165) is 18.7 Å². The summed E-state index contributed by atoms with van der Waals surface area (Å²) in [4.78, 5) is 4.63. The van der Waals surface area contributed by atoms with Crippen molar-refractivity contribution in [3.8, 4) is 11.9 Å². The summed E-state index contributed by atoms with van der Waals surface area (Å²) in [5, 5.41) is 12.3. The van der Waals surface area contributed by atoms with Crippen LogP contribution in [0.4, 0.5) is 4.39 Å². The van der Waals surface area contributed by atoms with E-state index in [-0.39, 0.29) is 6.61 Å². The zero-order valence-electron chi connectivity index (χ0n) is 13.2. The maximum Gasteiger partial charge on any atom is 0.213 e. The molecule has 2 bridgehead atoms. The van der Waals surface area contributed by atoms with Crippen molar-refractivity contribution in [1.82, 2.24) is 10.3 Å². The van der Waals surface area contributed by atoms with Crippen LogP contribution in [0.25, 0.3) is 0 Å². The normalized spacial score (nSPS) is 24.8. The van der Waals surface area contributed by atoms with E-state index in [2.05, 4.69) is 16.4 Å². The second kappa shape index (κ2) is 6.21. The first-order valence-electron chi connectivity index (χ1n) is 8.24. The van der Waals surface area contributed by atoms with Crippen molar-refractivity contribution in [3.05, 3.63) is 59.0 Å². The van der Waals surface area contributed by atoms with Gasteiger partial charge in [-0.05, 0) is 43.5 Å². The standard InChI is InChI=1S/C19H18FN3O/c20-17-6-12(9-21)4-5-13(17)11-24-19-3-1-2-18(23-19)16-8-15-7-14(16)10-22-15/h1-6,14-16,22H,7-8,10-11H2. The summed E-state index contributed by atoms with van der Waals surface area (Å²) in [7, 11) is 0. The molecule has 1 saturated carbocycles. The fraction of sp³-hybridized carbons (Fsp3) is 0.368. The fourth-order valence-electron chi connectivity index (χ4n) is 3.80. The molecule has 5 heteroatoms. The number of fused-ring (bicyclic) bond motifs is 2. The van der Waals surface area contributed by atoms with E-state index in [1.54, 1.807) is 18.2 Å². The van der Waals surface area contributed by atoms with E-state index in [1.807, 2.05) is 12.1 Å². The second-order valence-electron chi connectivity index (χ2n) is 6.55. The Bertz CT molecular complexity index is 801. The zero-order chi connectivity index (χ0) is 16.5. The molecule has 0 radical (unpaired) electrons. The highest BCUT2D eigenvalue weighted by Gasteiger charge is 2.40. The third kappa shape index (κ3) is 2.85. The molecular formula is C19H18FN3O. The smallest absolute Gasteiger partial charge is 0.213 e. The Morgan fingerprint density at radius 3 is 2.92 bits per heavy atom. The van der Waals surface area contributed by atoms with E-state index in [0.29, 0.717) is 34.9 Å². The van der Waals surface area contributed by atoms with Crippen LogP contribution in [-0.4, -0.2) is 17.6 Å². The largest absolute Gasteiger partial charge is 0.473 e. The minimum atomic E-state index is -0.426. The maximum absolute atomic E-state index is 13.9. The van der Waals surface area contributed by atoms with Gasteiger partial charge in [-0.1, -0.05) is 12.1 Å². The summed E-state index contributed by atoms with van der Waals surface area (Å²) in [6.07, 6.45) is 2.36. The Morgan fingerprint density at radius 1 is 1.29 bits per heavy atom. The van der Waals surface area contributed by atoms with Gasteiger partial charge in [-0.15, -0.1) is 0 Å². The number of nitrogens with one attached hydrogen (secondary N) is 1. The number of benzene rings is 1. The monoisotopic (exact) mass is 323 g/mol. The number of nitrogens with zero attached hydrogens (tertiary/aromatic N) is 2. The number of hydrogen-bond acceptors (Lipinski definition) is 4. The molecule has 1 aliphatic heterocycles. The topological polar surface area (TPSA) is 57.9 Å². The molecule has 24 heavy (non-hydrogen) atoms. The summed E-state index contributed by atoms with van der Waals surface area (Å²) >= 11 is 0. The van der Waals surface area contributed by atoms with Gasteiger partial charge in [0.05, 0.1) is 11.6 Å². The predicted octanol–water partition coefficient (Wildman–Crippen LogP) is 3.14. The van der Waals surface area contributed by atoms with Crippen molar-refractivity contribution in [2.24, 2.45) is 5.92 Å². The summed E-state index contributed by atoms with van der Waals surface area (Å²) in [5.74, 6) is 1.25. The van der Waals surface area contributed by atoms with Crippen LogP contribution in [0.15, 0.2) is 36.4 Å². The number of hydrogen-bond donors (Lipinski definition) is 1. The molecular weight excluding hydrogens is 305 g/mol. The van der Waals surface area contributed by atoms with Gasteiger partial charge in [0, 0.05) is 29.3 Å². The number of pyridine rings is 1. The number of piperidine rings is 1. The van der Waals surface area contributed by atoms with Crippen LogP contribution in [0.2, 0.25) is 0 Å². The first-order valence-corrected chi connectivity index (χ1v) is 8.24. The maximum atomic E-state index is 13.9. The van der Waals surface area contributed by atoms with Gasteiger partial charge < -0.3 is 10.1 Å². The Balaban J connectivity index is 1.46. The molecule has 2 fully saturated rings. The van der Waals surface area contributed by atoms with Crippen LogP contribution in [0.5, 0.6) is 5.88 Å². The summed E-state index contributed by atoms with van der Waals surface area (Å²) < 4.78 is 19.6. The molecule has 2 aliphatic rings. The van der Waals surface area contributed by atoms with Crippen LogP contribution in [0.3, 0.4) is 0 Å². The Labute approximate surface area is 140 Å². The van der Waals surface area contributed by atoms with Crippen molar-refractivity contribution in [3.63, 3.8) is 0 Å². The van der Waals surface area contributed by atoms with Crippen LogP contribution in [-0.2, 0) is 6.61 Å². The van der Waals surface area contributed by atoms with Gasteiger partial charge >= 0.3 is 0 Å². The van der Waals surface area contributed by atoms with E-state index >= 15 is 0 Å². The predicted molar refractivity (Wildman–Crippen MR) is 86.9 cm³/mol. The molecule has 1 aromatic carbocycles. The summed E-state index contributed by atoms with van der Waals surface area (Å²) in [5.41, 5.74) is 1.80. The Morgan fingerprint density at radius 2 is 2.21 bits per heavy atom. The van der Waals surface area contributed by atoms with Crippen molar-refractivity contribution < 1.29 is 9.13 Å². The molecule has 2 heterocycles. The Kier molecular flexibility index (Phi) is 3.91. The van der Waals surface area contributed by atoms with E-state index in [9.17, 15) is 4.39 Å². The molecule has 0 amide bonds. The number of halogens is 1. The minimum absolute atomic E-state index is 0.103. The average molecular weight is 323 g/mol. The molecule has 1 aromatic heterocycles. The highest BCUT2D eigenvalue weighted by atomic mass is 19.1. The number of ether oxygens (including phenoxy) is 1. The van der Waals surface area contributed by atoms with Gasteiger partial charge in [-0.3, -0.25) is 0 Å². The molecule has 4 rings (SSSR count). The summed E-state index contributed by atoms with van der Waals surface area (Å²) in [6, 6.07) is 12.8. The fourth-order valence-corrected chi connectivity index (χ4v) is 3.80.